The van der Waals surface area contributed by atoms with Crippen molar-refractivity contribution in [3.63, 3.8) is 0 Å². The lowest BCUT2D eigenvalue weighted by Crippen LogP contribution is -2.59. The minimum Gasteiger partial charge on any atom is -0.454 e. The number of hydrogen-bond donors (Lipinski definition) is 4. The zero-order valence-corrected chi connectivity index (χ0v) is 29.4. The van der Waals surface area contributed by atoms with Gasteiger partial charge in [0.05, 0.1) is 23.6 Å². The number of aliphatic hydroxyl groups excluding tert-OH is 1. The molecule has 2 amide bonds. The number of nitrogens with zero attached hydrogens (tertiary/aromatic N) is 1. The van der Waals surface area contributed by atoms with E-state index in [0.29, 0.717) is 18.0 Å². The van der Waals surface area contributed by atoms with E-state index in [1.54, 1.807) is 12.1 Å². The molecule has 3 atom stereocenters. The minimum atomic E-state index is -4.09. The Kier molecular flexibility index (Phi) is 12.8. The van der Waals surface area contributed by atoms with Crippen LogP contribution in [0, 0.1) is 17.2 Å². The first kappa shape index (κ1) is 37.8. The molecule has 0 saturated heterocycles. The van der Waals surface area contributed by atoms with Crippen molar-refractivity contribution in [3.05, 3.63) is 89.7 Å². The molecule has 4 rings (SSSR count). The summed E-state index contributed by atoms with van der Waals surface area (Å²) in [5.41, 5.74) is 0.900. The summed E-state index contributed by atoms with van der Waals surface area (Å²) in [6.07, 6.45) is -1.11. The second kappa shape index (κ2) is 16.6. The Morgan fingerprint density at radius 3 is 2.24 bits per heavy atom. The fraction of sp³-hybridized carbons (Fsp3) is 0.444. The van der Waals surface area contributed by atoms with Gasteiger partial charge in [-0.05, 0) is 53.1 Å². The predicted molar refractivity (Wildman–Crippen MR) is 184 cm³/mol. The van der Waals surface area contributed by atoms with Gasteiger partial charge in [-0.2, -0.15) is 4.31 Å². The van der Waals surface area contributed by atoms with Crippen LogP contribution in [-0.2, 0) is 32.6 Å². The summed E-state index contributed by atoms with van der Waals surface area (Å²) in [5.74, 6) is -0.598. The van der Waals surface area contributed by atoms with Crippen molar-refractivity contribution >= 4 is 21.8 Å². The van der Waals surface area contributed by atoms with Gasteiger partial charge >= 0.3 is 0 Å². The Bertz CT molecular complexity index is 1660. The van der Waals surface area contributed by atoms with Crippen molar-refractivity contribution < 1.29 is 37.0 Å². The molecule has 0 spiro atoms. The molecule has 1 heterocycles. The maximum atomic E-state index is 13.9. The summed E-state index contributed by atoms with van der Waals surface area (Å²) in [6, 6.07) is 17.7. The van der Waals surface area contributed by atoms with Crippen LogP contribution in [0.15, 0.2) is 77.7 Å². The first-order valence-corrected chi connectivity index (χ1v) is 17.7. The molecule has 0 aliphatic carbocycles. The first-order valence-electron chi connectivity index (χ1n) is 16.3. The Hall–Kier alpha value is -4.04. The third-order valence-electron chi connectivity index (χ3n) is 7.99. The van der Waals surface area contributed by atoms with Crippen molar-refractivity contribution in [2.45, 2.75) is 70.7 Å². The summed E-state index contributed by atoms with van der Waals surface area (Å²) < 4.78 is 53.0. The lowest BCUT2D eigenvalue weighted by Gasteiger charge is -2.34. The van der Waals surface area contributed by atoms with E-state index < -0.39 is 45.4 Å². The van der Waals surface area contributed by atoms with E-state index in [4.69, 9.17) is 9.47 Å². The van der Waals surface area contributed by atoms with Gasteiger partial charge in [-0.1, -0.05) is 77.1 Å². The number of hydrogen-bond acceptors (Lipinski definition) is 8. The highest BCUT2D eigenvalue weighted by molar-refractivity contribution is 7.89. The lowest BCUT2D eigenvalue weighted by atomic mass is 9.85. The number of fused-ring (bicyclic) bond motifs is 1. The molecule has 4 N–H and O–H groups in total. The molecule has 0 bridgehead atoms. The average Bonchev–Trinajstić information content (AvgIpc) is 3.52. The molecule has 0 saturated carbocycles. The van der Waals surface area contributed by atoms with Crippen molar-refractivity contribution in [3.8, 4) is 11.5 Å². The van der Waals surface area contributed by atoms with Crippen LogP contribution >= 0.6 is 0 Å². The standard InChI is InChI=1S/C36H47FN4O7S/c1-24(2)21-41(49(45,46)28-15-16-31-32(18-28)48-23-47-31)22-30(42)29(17-25-9-7-6-8-10-25)39-35(44)34(36(3,4)5)40-33(43)20-38-19-26-11-13-27(37)14-12-26/h6-16,18,24,29-30,34,38,42H,17,19-23H2,1-5H3,(H,39,44)(H,40,43)/t29?,30?,34-/m1/s1. The highest BCUT2D eigenvalue weighted by atomic mass is 32.2. The first-order chi connectivity index (χ1) is 23.1. The minimum absolute atomic E-state index is 0.00297. The summed E-state index contributed by atoms with van der Waals surface area (Å²) >= 11 is 0. The number of carbonyl (C=O) groups excluding carboxylic acids is 2. The third kappa shape index (κ3) is 10.7. The van der Waals surface area contributed by atoms with Crippen LogP contribution < -0.4 is 25.4 Å². The Balaban J connectivity index is 1.51. The van der Waals surface area contributed by atoms with E-state index in [1.807, 2.05) is 65.0 Å². The average molecular weight is 699 g/mol. The number of sulfonamides is 1. The third-order valence-corrected chi connectivity index (χ3v) is 9.82. The number of rotatable bonds is 16. The zero-order valence-electron chi connectivity index (χ0n) is 28.6. The SMILES string of the molecule is CC(C)CN(CC(O)C(Cc1ccccc1)NC(=O)[C@@H](NC(=O)CNCc1ccc(F)cc1)C(C)(C)C)S(=O)(=O)c1ccc2c(c1)OCO2. The maximum Gasteiger partial charge on any atom is 0.243 e. The van der Waals surface area contributed by atoms with Crippen LogP contribution in [0.1, 0.15) is 45.7 Å². The smallest absolute Gasteiger partial charge is 0.243 e. The second-order valence-corrected chi connectivity index (χ2v) is 15.6. The number of amides is 2. The fourth-order valence-electron chi connectivity index (χ4n) is 5.43. The molecule has 3 aromatic rings. The van der Waals surface area contributed by atoms with Gasteiger partial charge in [-0.25, -0.2) is 12.8 Å². The normalized spacial score (nSPS) is 14.8. The Morgan fingerprint density at radius 1 is 0.918 bits per heavy atom. The second-order valence-electron chi connectivity index (χ2n) is 13.7. The van der Waals surface area contributed by atoms with Gasteiger partial charge in [-0.15, -0.1) is 0 Å². The van der Waals surface area contributed by atoms with E-state index in [1.165, 1.54) is 34.6 Å². The van der Waals surface area contributed by atoms with E-state index in [9.17, 15) is 27.5 Å². The summed E-state index contributed by atoms with van der Waals surface area (Å²) in [6.45, 7) is 9.25. The predicted octanol–water partition coefficient (Wildman–Crippen LogP) is 3.61. The highest BCUT2D eigenvalue weighted by Crippen LogP contribution is 2.35. The van der Waals surface area contributed by atoms with Crippen LogP contribution in [-0.4, -0.2) is 74.3 Å². The lowest BCUT2D eigenvalue weighted by molar-refractivity contribution is -0.132. The van der Waals surface area contributed by atoms with Gasteiger partial charge < -0.3 is 30.5 Å². The molecule has 1 aliphatic heterocycles. The topological polar surface area (TPSA) is 146 Å². The van der Waals surface area contributed by atoms with E-state index in [2.05, 4.69) is 16.0 Å². The van der Waals surface area contributed by atoms with Crippen molar-refractivity contribution in [1.29, 1.82) is 0 Å². The number of ether oxygens (including phenoxy) is 2. The molecule has 3 aromatic carbocycles. The molecule has 11 nitrogen and oxygen atoms in total. The van der Waals surface area contributed by atoms with E-state index in [-0.39, 0.29) is 49.5 Å². The number of carbonyl (C=O) groups is 2. The molecular formula is C36H47FN4O7S. The van der Waals surface area contributed by atoms with Gasteiger partial charge in [0.2, 0.25) is 28.6 Å². The van der Waals surface area contributed by atoms with Gasteiger partial charge in [0, 0.05) is 25.7 Å². The highest BCUT2D eigenvalue weighted by Gasteiger charge is 2.37. The number of aliphatic hydroxyl groups is 1. The van der Waals surface area contributed by atoms with Gasteiger partial charge in [0.15, 0.2) is 11.5 Å². The quantitative estimate of drug-likeness (QED) is 0.178. The number of nitrogens with one attached hydrogen (secondary N) is 3. The van der Waals surface area contributed by atoms with Gasteiger partial charge in [0.1, 0.15) is 11.9 Å². The molecule has 266 valence electrons. The molecule has 2 unspecified atom stereocenters. The summed E-state index contributed by atoms with van der Waals surface area (Å²) in [4.78, 5) is 26.9. The van der Waals surface area contributed by atoms with Gasteiger partial charge in [0.25, 0.3) is 0 Å². The molecular weight excluding hydrogens is 651 g/mol. The van der Waals surface area contributed by atoms with E-state index in [0.717, 1.165) is 11.1 Å². The van der Waals surface area contributed by atoms with Crippen molar-refractivity contribution in [2.75, 3.05) is 26.4 Å². The van der Waals surface area contributed by atoms with Crippen LogP contribution in [0.5, 0.6) is 11.5 Å². The van der Waals surface area contributed by atoms with E-state index >= 15 is 0 Å². The molecule has 0 radical (unpaired) electrons. The number of halogens is 1. The number of benzene rings is 3. The van der Waals surface area contributed by atoms with Gasteiger partial charge in [-0.3, -0.25) is 9.59 Å². The maximum absolute atomic E-state index is 13.9. The molecule has 0 aromatic heterocycles. The van der Waals surface area contributed by atoms with Crippen molar-refractivity contribution in [2.24, 2.45) is 11.3 Å². The molecule has 49 heavy (non-hydrogen) atoms. The molecule has 13 heteroatoms. The fourth-order valence-corrected chi connectivity index (χ4v) is 7.07. The largest absolute Gasteiger partial charge is 0.454 e. The van der Waals surface area contributed by atoms with Crippen LogP contribution in [0.4, 0.5) is 4.39 Å². The monoisotopic (exact) mass is 698 g/mol. The molecule has 0 fully saturated rings. The Morgan fingerprint density at radius 2 is 1.59 bits per heavy atom. The Labute approximate surface area is 288 Å². The summed E-state index contributed by atoms with van der Waals surface area (Å²) in [7, 11) is -4.09. The van der Waals surface area contributed by atoms with Crippen LogP contribution in [0.25, 0.3) is 0 Å². The van der Waals surface area contributed by atoms with Crippen LogP contribution in [0.3, 0.4) is 0 Å². The molecule has 1 aliphatic rings. The summed E-state index contributed by atoms with van der Waals surface area (Å²) in [5, 5.41) is 20.4. The zero-order chi connectivity index (χ0) is 35.8. The van der Waals surface area contributed by atoms with Crippen LogP contribution in [0.2, 0.25) is 0 Å². The van der Waals surface area contributed by atoms with Crippen molar-refractivity contribution in [1.82, 2.24) is 20.3 Å².